The van der Waals surface area contributed by atoms with Crippen molar-refractivity contribution in [3.63, 3.8) is 0 Å². The Labute approximate surface area is 244 Å². The minimum atomic E-state index is -0.742. The van der Waals surface area contributed by atoms with Gasteiger partial charge < -0.3 is 0 Å². The highest BCUT2D eigenvalue weighted by Crippen LogP contribution is 2.44. The number of benzene rings is 5. The van der Waals surface area contributed by atoms with E-state index in [-0.39, 0.29) is 0 Å². The molecule has 2 heterocycles. The molecule has 4 nitrogen and oxygen atoms in total. The van der Waals surface area contributed by atoms with Gasteiger partial charge in [-0.25, -0.2) is 9.66 Å². The van der Waals surface area contributed by atoms with Gasteiger partial charge in [0.1, 0.15) is 6.67 Å². The minimum absolute atomic E-state index is 0.427. The molecule has 5 heteroatoms. The van der Waals surface area contributed by atoms with Gasteiger partial charge in [-0.1, -0.05) is 145 Å². The van der Waals surface area contributed by atoms with Gasteiger partial charge in [-0.15, -0.1) is 0 Å². The Morgan fingerprint density at radius 2 is 1.10 bits per heavy atom. The maximum absolute atomic E-state index is 6.82. The summed E-state index contributed by atoms with van der Waals surface area (Å²) in [7, 11) is 0. The fourth-order valence-electron chi connectivity index (χ4n) is 5.83. The number of nitrogens with zero attached hydrogens (tertiary/aromatic N) is 4. The molecule has 0 atom stereocenters. The van der Waals surface area contributed by atoms with Crippen molar-refractivity contribution in [3.8, 4) is 22.6 Å². The fourth-order valence-corrected chi connectivity index (χ4v) is 6.05. The Kier molecular flexibility index (Phi) is 6.46. The van der Waals surface area contributed by atoms with Crippen molar-refractivity contribution >= 4 is 17.3 Å². The van der Waals surface area contributed by atoms with Crippen molar-refractivity contribution in [1.29, 1.82) is 0 Å². The quantitative estimate of drug-likeness (QED) is 0.209. The van der Waals surface area contributed by atoms with E-state index in [2.05, 4.69) is 113 Å². The van der Waals surface area contributed by atoms with Crippen LogP contribution >= 0.6 is 11.6 Å². The summed E-state index contributed by atoms with van der Waals surface area (Å²) in [5.74, 6) is 0.759. The third kappa shape index (κ3) is 4.24. The average molecular weight is 551 g/mol. The predicted octanol–water partition coefficient (Wildman–Crippen LogP) is 8.21. The van der Waals surface area contributed by atoms with Crippen LogP contribution in [0.5, 0.6) is 0 Å². The third-order valence-electron chi connectivity index (χ3n) is 7.66. The first-order valence-corrected chi connectivity index (χ1v) is 14.0. The molecule has 6 aromatic rings. The molecule has 0 saturated heterocycles. The molecular formula is C36H27ClN4. The minimum Gasteiger partial charge on any atom is -0.269 e. The maximum Gasteiger partial charge on any atom is 0.160 e. The largest absolute Gasteiger partial charge is 0.269 e. The second-order valence-electron chi connectivity index (χ2n) is 10.00. The lowest BCUT2D eigenvalue weighted by Gasteiger charge is -2.42. The van der Waals surface area contributed by atoms with Crippen LogP contribution in [0.4, 0.5) is 0 Å². The van der Waals surface area contributed by atoms with E-state index in [1.165, 1.54) is 0 Å². The molecule has 5 aromatic carbocycles. The molecule has 0 radical (unpaired) electrons. The predicted molar refractivity (Wildman–Crippen MR) is 168 cm³/mol. The van der Waals surface area contributed by atoms with Crippen molar-refractivity contribution in [3.05, 3.63) is 174 Å². The van der Waals surface area contributed by atoms with Crippen LogP contribution < -0.4 is 5.01 Å². The van der Waals surface area contributed by atoms with E-state index in [0.29, 0.717) is 11.7 Å². The molecular weight excluding hydrogens is 524 g/mol. The molecule has 0 amide bonds. The topological polar surface area (TPSA) is 33.4 Å². The van der Waals surface area contributed by atoms with Crippen molar-refractivity contribution in [2.24, 2.45) is 4.99 Å². The first-order chi connectivity index (χ1) is 20.3. The molecule has 0 bridgehead atoms. The Bertz CT molecular complexity index is 1770. The Morgan fingerprint density at radius 3 is 1.68 bits per heavy atom. The van der Waals surface area contributed by atoms with Crippen LogP contribution in [-0.4, -0.2) is 22.0 Å². The zero-order chi connectivity index (χ0) is 27.6. The van der Waals surface area contributed by atoms with E-state index in [0.717, 1.165) is 45.0 Å². The van der Waals surface area contributed by atoms with Crippen LogP contribution in [0.1, 0.15) is 16.7 Å². The summed E-state index contributed by atoms with van der Waals surface area (Å²) in [6, 6.07) is 49.9. The van der Waals surface area contributed by atoms with E-state index < -0.39 is 5.54 Å². The smallest absolute Gasteiger partial charge is 0.160 e. The zero-order valence-electron chi connectivity index (χ0n) is 22.3. The van der Waals surface area contributed by atoms with Crippen LogP contribution in [0.25, 0.3) is 22.6 Å². The highest BCUT2D eigenvalue weighted by atomic mass is 35.5. The van der Waals surface area contributed by atoms with Crippen molar-refractivity contribution in [2.45, 2.75) is 5.54 Å². The average Bonchev–Trinajstić information content (AvgIpc) is 3.66. The summed E-state index contributed by atoms with van der Waals surface area (Å²) >= 11 is 6.82. The van der Waals surface area contributed by atoms with E-state index in [1.54, 1.807) is 0 Å². The Balaban J connectivity index is 1.54. The number of halogens is 1. The Hall–Kier alpha value is -4.93. The van der Waals surface area contributed by atoms with Crippen molar-refractivity contribution in [1.82, 2.24) is 9.66 Å². The number of aromatic nitrogens is 2. The lowest BCUT2D eigenvalue weighted by Crippen LogP contribution is -2.54. The van der Waals surface area contributed by atoms with Gasteiger partial charge in [0.2, 0.25) is 0 Å². The van der Waals surface area contributed by atoms with E-state index in [9.17, 15) is 0 Å². The number of rotatable bonds is 6. The summed E-state index contributed by atoms with van der Waals surface area (Å²) in [4.78, 5) is 10.5. The highest BCUT2D eigenvalue weighted by molar-refractivity contribution is 6.33. The van der Waals surface area contributed by atoms with Gasteiger partial charge in [-0.05, 0) is 28.8 Å². The van der Waals surface area contributed by atoms with Gasteiger partial charge in [0, 0.05) is 11.1 Å². The lowest BCUT2D eigenvalue weighted by molar-refractivity contribution is 0.508. The van der Waals surface area contributed by atoms with Gasteiger partial charge >= 0.3 is 0 Å². The number of hydrogen-bond donors (Lipinski definition) is 0. The van der Waals surface area contributed by atoms with Gasteiger partial charge in [-0.3, -0.25) is 10.0 Å². The first-order valence-electron chi connectivity index (χ1n) is 13.7. The summed E-state index contributed by atoms with van der Waals surface area (Å²) in [6.45, 7) is 0.427. The van der Waals surface area contributed by atoms with Crippen LogP contribution in [0, 0.1) is 0 Å². The van der Waals surface area contributed by atoms with Crippen LogP contribution in [-0.2, 0) is 5.54 Å². The van der Waals surface area contributed by atoms with Gasteiger partial charge in [0.05, 0.1) is 22.6 Å². The van der Waals surface area contributed by atoms with Gasteiger partial charge in [0.15, 0.2) is 11.4 Å². The fraction of sp³-hybridized carbons (Fsp3) is 0.0556. The normalized spacial score (nSPS) is 14.2. The van der Waals surface area contributed by atoms with E-state index in [4.69, 9.17) is 21.6 Å². The van der Waals surface area contributed by atoms with E-state index in [1.807, 2.05) is 48.5 Å². The van der Waals surface area contributed by atoms with Gasteiger partial charge in [0.25, 0.3) is 0 Å². The van der Waals surface area contributed by atoms with Crippen LogP contribution in [0.2, 0.25) is 5.02 Å². The van der Waals surface area contributed by atoms with Gasteiger partial charge in [-0.2, -0.15) is 0 Å². The molecule has 0 fully saturated rings. The molecule has 0 unspecified atom stereocenters. The molecule has 0 saturated carbocycles. The molecule has 0 aliphatic carbocycles. The summed E-state index contributed by atoms with van der Waals surface area (Å²) in [5, 5.41) is 2.96. The molecule has 41 heavy (non-hydrogen) atoms. The molecule has 7 rings (SSSR count). The zero-order valence-corrected chi connectivity index (χ0v) is 23.1. The first kappa shape index (κ1) is 25.1. The lowest BCUT2D eigenvalue weighted by atomic mass is 9.76. The monoisotopic (exact) mass is 550 g/mol. The number of imidazole rings is 1. The molecule has 1 aromatic heterocycles. The van der Waals surface area contributed by atoms with Crippen molar-refractivity contribution in [2.75, 3.05) is 11.7 Å². The Morgan fingerprint density at radius 1 is 0.585 bits per heavy atom. The standard InChI is InChI=1S/C36H27ClN4/c37-32-24-14-13-23-31(32)35-39-33(27-15-5-1-6-16-27)25-40(35)41-26-38-34(28-17-7-2-8-18-28)36(41,29-19-9-3-10-20-29)30-21-11-4-12-22-30/h1-25H,26H2. The van der Waals surface area contributed by atoms with Crippen LogP contribution in [0.3, 0.4) is 0 Å². The molecule has 198 valence electrons. The molecule has 0 N–H and O–H groups in total. The number of aliphatic imine (C=N–C) groups is 1. The second kappa shape index (κ2) is 10.6. The molecule has 1 aliphatic heterocycles. The third-order valence-corrected chi connectivity index (χ3v) is 7.98. The number of hydrogen-bond acceptors (Lipinski definition) is 3. The van der Waals surface area contributed by atoms with Crippen molar-refractivity contribution < 1.29 is 0 Å². The van der Waals surface area contributed by atoms with Crippen LogP contribution in [0.15, 0.2) is 157 Å². The summed E-state index contributed by atoms with van der Waals surface area (Å²) in [5.41, 5.74) is 6.31. The molecule has 1 aliphatic rings. The highest BCUT2D eigenvalue weighted by Gasteiger charge is 2.50. The SMILES string of the molecule is Clc1ccccc1-c1nc(-c2ccccc2)cn1N1CN=C(c2ccccc2)C1(c1ccccc1)c1ccccc1. The second-order valence-corrected chi connectivity index (χ2v) is 10.4. The summed E-state index contributed by atoms with van der Waals surface area (Å²) < 4.78 is 2.16. The maximum atomic E-state index is 6.82. The molecule has 0 spiro atoms. The van der Waals surface area contributed by atoms with E-state index >= 15 is 0 Å². The summed E-state index contributed by atoms with van der Waals surface area (Å²) in [6.07, 6.45) is 2.11.